The Kier molecular flexibility index (Phi) is 15.0. The third-order valence-electron chi connectivity index (χ3n) is 24.3. The van der Waals surface area contributed by atoms with Crippen LogP contribution in [0.1, 0.15) is 223 Å². The molecule has 8 aliphatic carbocycles. The van der Waals surface area contributed by atoms with Crippen LogP contribution in [0.2, 0.25) is 38.3 Å². The predicted molar refractivity (Wildman–Crippen MR) is 279 cm³/mol. The molecule has 1 nitrogen and oxygen atoms in total. The molecule has 0 saturated heterocycles. The fourth-order valence-corrected chi connectivity index (χ4v) is 32.0. The standard InChI is InChI=1S/C60H110OSi2/c1-41(2)19-15-21-43(5)51-31-33-53-49-29-27-45-23-17-25-47(59(45,9)55(49)35-37-57(51,53)7)39-62(11,12)61-63(13,14)40-48-26-18-24-46-28-30-50-54-34-32-52(44(6)22-16-20-42(3)4)58(54,8)38-36-56(50)60(46,48)10/h41-56H,15-40H2,1-14H3/t43-,44-,45+,46+,47?,48?,49+,50+,51-,52-,53-,54-,55-,56-,57+,58+,59+,60+/m0/s1. The Morgan fingerprint density at radius 2 is 0.841 bits per heavy atom. The van der Waals surface area contributed by atoms with Gasteiger partial charge >= 0.3 is 0 Å². The van der Waals surface area contributed by atoms with E-state index in [-0.39, 0.29) is 0 Å². The molecule has 0 aromatic carbocycles. The molecular weight excluding hydrogens is 793 g/mol. The van der Waals surface area contributed by atoms with E-state index in [4.69, 9.17) is 4.12 Å². The van der Waals surface area contributed by atoms with Crippen molar-refractivity contribution in [1.82, 2.24) is 0 Å². The van der Waals surface area contributed by atoms with Gasteiger partial charge in [-0.25, -0.2) is 0 Å². The van der Waals surface area contributed by atoms with Crippen molar-refractivity contribution in [3.63, 3.8) is 0 Å². The van der Waals surface area contributed by atoms with Crippen molar-refractivity contribution in [2.24, 2.45) is 116 Å². The van der Waals surface area contributed by atoms with Crippen molar-refractivity contribution in [3.05, 3.63) is 0 Å². The first-order chi connectivity index (χ1) is 29.6. The molecule has 8 fully saturated rings. The first kappa shape index (κ1) is 49.8. The fourth-order valence-electron chi connectivity index (χ4n) is 21.7. The minimum absolute atomic E-state index is 0.546. The summed E-state index contributed by atoms with van der Waals surface area (Å²) in [4.78, 5) is 0. The Balaban J connectivity index is 0.931. The molecule has 3 heteroatoms. The van der Waals surface area contributed by atoms with Gasteiger partial charge in [-0.3, -0.25) is 0 Å². The van der Waals surface area contributed by atoms with Gasteiger partial charge in [-0.1, -0.05) is 133 Å². The van der Waals surface area contributed by atoms with E-state index in [1.165, 1.54) is 115 Å². The number of fused-ring (bicyclic) bond motifs is 10. The van der Waals surface area contributed by atoms with Gasteiger partial charge in [0.25, 0.3) is 0 Å². The largest absolute Gasteiger partial charge is 0.455 e. The molecule has 0 heterocycles. The number of hydrogen-bond acceptors (Lipinski definition) is 1. The van der Waals surface area contributed by atoms with E-state index in [1.807, 2.05) is 0 Å². The predicted octanol–water partition coefficient (Wildman–Crippen LogP) is 18.9. The summed E-state index contributed by atoms with van der Waals surface area (Å²) in [5.74, 6) is 15.2. The molecule has 0 aromatic rings. The van der Waals surface area contributed by atoms with Crippen LogP contribution in [-0.2, 0) is 4.12 Å². The van der Waals surface area contributed by atoms with Gasteiger partial charge in [-0.05, 0) is 245 Å². The molecule has 0 aliphatic heterocycles. The quantitative estimate of drug-likeness (QED) is 0.140. The van der Waals surface area contributed by atoms with Crippen LogP contribution in [-0.4, -0.2) is 16.6 Å². The maximum absolute atomic E-state index is 7.98. The smallest absolute Gasteiger partial charge is 0.173 e. The SMILES string of the molecule is CC(C)CCC[C@H](C)[C@@H]1CC[C@H]2[C@H]3CC[C@H]4CCCC(C[Si](C)(C)O[Si](C)(C)CC5CCC[C@@H]6CC[C@@H]7[C@@H]8CC[C@@H]([C@@H](C)CCCC(C)C)[C@@]8(C)CC[C@@H]7[C@@]56C)[C@]4(C)[C@H]3CC[C@@]21C. The van der Waals surface area contributed by atoms with Gasteiger partial charge in [0.05, 0.1) is 0 Å². The van der Waals surface area contributed by atoms with Crippen LogP contribution in [0.15, 0.2) is 0 Å². The average molecular weight is 904 g/mol. The van der Waals surface area contributed by atoms with Crippen molar-refractivity contribution < 1.29 is 4.12 Å². The van der Waals surface area contributed by atoms with Crippen LogP contribution in [0.5, 0.6) is 0 Å². The molecule has 0 amide bonds. The lowest BCUT2D eigenvalue weighted by Crippen LogP contribution is -2.58. The molecule has 63 heavy (non-hydrogen) atoms. The molecular formula is C60H110OSi2. The van der Waals surface area contributed by atoms with Crippen molar-refractivity contribution >= 4 is 16.6 Å². The van der Waals surface area contributed by atoms with Gasteiger partial charge in [0.15, 0.2) is 16.6 Å². The van der Waals surface area contributed by atoms with Crippen LogP contribution in [0.4, 0.5) is 0 Å². The first-order valence-corrected chi connectivity index (χ1v) is 35.6. The zero-order chi connectivity index (χ0) is 45.3. The minimum Gasteiger partial charge on any atom is -0.455 e. The Morgan fingerprint density at radius 1 is 0.444 bits per heavy atom. The molecule has 364 valence electrons. The monoisotopic (exact) mass is 903 g/mol. The summed E-state index contributed by atoms with van der Waals surface area (Å²) in [5.41, 5.74) is 2.30. The van der Waals surface area contributed by atoms with Crippen LogP contribution >= 0.6 is 0 Å². The lowest BCUT2D eigenvalue weighted by atomic mass is 9.42. The van der Waals surface area contributed by atoms with Crippen LogP contribution in [0, 0.1) is 116 Å². The zero-order valence-corrected chi connectivity index (χ0v) is 47.0. The minimum atomic E-state index is -1.88. The number of hydrogen-bond donors (Lipinski definition) is 0. The molecule has 0 aromatic heterocycles. The average Bonchev–Trinajstić information content (AvgIpc) is 3.74. The molecule has 0 radical (unpaired) electrons. The van der Waals surface area contributed by atoms with E-state index in [0.29, 0.717) is 21.7 Å². The third-order valence-corrected chi connectivity index (χ3v) is 31.7. The first-order valence-electron chi connectivity index (χ1n) is 29.3. The summed E-state index contributed by atoms with van der Waals surface area (Å²) >= 11 is 0. The summed E-state index contributed by atoms with van der Waals surface area (Å²) < 4.78 is 7.98. The van der Waals surface area contributed by atoms with Gasteiger partial charge in [0.2, 0.25) is 0 Å². The lowest BCUT2D eigenvalue weighted by Gasteiger charge is -2.64. The highest BCUT2D eigenvalue weighted by atomic mass is 28.4. The fraction of sp³-hybridized carbons (Fsp3) is 1.00. The second-order valence-corrected chi connectivity index (χ2v) is 38.1. The highest BCUT2D eigenvalue weighted by molar-refractivity contribution is 6.84. The highest BCUT2D eigenvalue weighted by Gasteiger charge is 2.64. The topological polar surface area (TPSA) is 9.23 Å². The molecule has 8 rings (SSSR count). The Hall–Kier alpha value is 0.394. The van der Waals surface area contributed by atoms with Gasteiger partial charge in [0.1, 0.15) is 0 Å². The van der Waals surface area contributed by atoms with E-state index in [1.54, 1.807) is 51.4 Å². The maximum Gasteiger partial charge on any atom is 0.173 e. The summed E-state index contributed by atoms with van der Waals surface area (Å²) in [5, 5.41) is 0. The summed E-state index contributed by atoms with van der Waals surface area (Å²) in [6, 6.07) is 2.90. The third kappa shape index (κ3) is 9.30. The Labute approximate surface area is 396 Å². The van der Waals surface area contributed by atoms with Gasteiger partial charge in [-0.2, -0.15) is 0 Å². The van der Waals surface area contributed by atoms with E-state index >= 15 is 0 Å². The van der Waals surface area contributed by atoms with Crippen LogP contribution < -0.4 is 0 Å². The maximum atomic E-state index is 7.98. The van der Waals surface area contributed by atoms with Crippen LogP contribution in [0.3, 0.4) is 0 Å². The van der Waals surface area contributed by atoms with Crippen molar-refractivity contribution in [3.8, 4) is 0 Å². The normalized spacial score (nSPS) is 46.1. The molecule has 18 atom stereocenters. The molecule has 0 spiro atoms. The second-order valence-electron chi connectivity index (χ2n) is 29.4. The molecule has 0 bridgehead atoms. The zero-order valence-electron chi connectivity index (χ0n) is 45.0. The molecule has 0 N–H and O–H groups in total. The van der Waals surface area contributed by atoms with Gasteiger partial charge in [0, 0.05) is 0 Å². The summed E-state index contributed by atoms with van der Waals surface area (Å²) in [6.45, 7) is 37.4. The molecule has 8 aliphatic rings. The van der Waals surface area contributed by atoms with Crippen molar-refractivity contribution in [2.45, 2.75) is 262 Å². The van der Waals surface area contributed by atoms with E-state index in [0.717, 1.165) is 94.7 Å². The lowest BCUT2D eigenvalue weighted by molar-refractivity contribution is -0.137. The molecule has 8 saturated carbocycles. The Bertz CT molecular complexity index is 1410. The Morgan fingerprint density at radius 3 is 1.22 bits per heavy atom. The summed E-state index contributed by atoms with van der Waals surface area (Å²) in [6.07, 6.45) is 36.2. The van der Waals surface area contributed by atoms with E-state index in [9.17, 15) is 0 Å². The van der Waals surface area contributed by atoms with Crippen LogP contribution in [0.25, 0.3) is 0 Å². The van der Waals surface area contributed by atoms with Gasteiger partial charge in [-0.15, -0.1) is 0 Å². The second kappa shape index (κ2) is 19.0. The van der Waals surface area contributed by atoms with E-state index < -0.39 is 16.6 Å². The van der Waals surface area contributed by atoms with Crippen molar-refractivity contribution in [1.29, 1.82) is 0 Å². The molecule has 2 unspecified atom stereocenters. The van der Waals surface area contributed by atoms with E-state index in [2.05, 4.69) is 95.4 Å². The number of rotatable bonds is 16. The summed E-state index contributed by atoms with van der Waals surface area (Å²) in [7, 11) is -3.76. The highest BCUT2D eigenvalue weighted by Crippen LogP contribution is 2.72. The van der Waals surface area contributed by atoms with Crippen molar-refractivity contribution in [2.75, 3.05) is 0 Å². The van der Waals surface area contributed by atoms with Gasteiger partial charge < -0.3 is 4.12 Å².